The lowest BCUT2D eigenvalue weighted by molar-refractivity contribution is 0.0714. The van der Waals surface area contributed by atoms with Crippen LogP contribution in [0.2, 0.25) is 0 Å². The van der Waals surface area contributed by atoms with Gasteiger partial charge in [-0.05, 0) is 31.0 Å². The van der Waals surface area contributed by atoms with E-state index in [1.807, 2.05) is 4.90 Å². The van der Waals surface area contributed by atoms with Gasteiger partial charge < -0.3 is 14.2 Å². The standard InChI is InChI=1S/C26H32N4O2/c1-5-22-21(17-20-9-6-8-19(4)16-20)25(28-24(27-22)18(2)3)29-11-13-30(14-12-29)26(31)23-10-7-15-32-23/h6-10,15-16,18H,5,11-14,17H2,1-4H3. The topological polar surface area (TPSA) is 62.5 Å². The lowest BCUT2D eigenvalue weighted by Gasteiger charge is -2.36. The van der Waals surface area contributed by atoms with Crippen LogP contribution in [0.15, 0.2) is 47.1 Å². The van der Waals surface area contributed by atoms with Gasteiger partial charge >= 0.3 is 0 Å². The highest BCUT2D eigenvalue weighted by molar-refractivity contribution is 5.91. The lowest BCUT2D eigenvalue weighted by atomic mass is 10.00. The molecule has 4 rings (SSSR count). The van der Waals surface area contributed by atoms with Gasteiger partial charge in [0.2, 0.25) is 0 Å². The quantitative estimate of drug-likeness (QED) is 0.569. The van der Waals surface area contributed by atoms with Crippen LogP contribution in [-0.2, 0) is 12.8 Å². The third-order valence-electron chi connectivity index (χ3n) is 6.00. The van der Waals surface area contributed by atoms with Crippen LogP contribution in [0.3, 0.4) is 0 Å². The van der Waals surface area contributed by atoms with Gasteiger partial charge in [0.25, 0.3) is 5.91 Å². The summed E-state index contributed by atoms with van der Waals surface area (Å²) in [5.74, 6) is 2.52. The second-order valence-corrected chi connectivity index (χ2v) is 8.76. The molecule has 0 N–H and O–H groups in total. The number of carbonyl (C=O) groups excluding carboxylic acids is 1. The molecule has 2 aromatic heterocycles. The maximum Gasteiger partial charge on any atom is 0.289 e. The molecule has 0 saturated carbocycles. The molecule has 0 aliphatic carbocycles. The molecule has 1 saturated heterocycles. The Morgan fingerprint density at radius 3 is 2.50 bits per heavy atom. The molecule has 1 amide bonds. The zero-order valence-corrected chi connectivity index (χ0v) is 19.5. The summed E-state index contributed by atoms with van der Waals surface area (Å²) in [5, 5.41) is 0. The fourth-order valence-corrected chi connectivity index (χ4v) is 4.23. The average molecular weight is 433 g/mol. The Hall–Kier alpha value is -3.15. The Balaban J connectivity index is 1.63. The van der Waals surface area contributed by atoms with Crippen LogP contribution in [0, 0.1) is 6.92 Å². The fraction of sp³-hybridized carbons (Fsp3) is 0.423. The molecule has 0 radical (unpaired) electrons. The van der Waals surface area contributed by atoms with Crippen molar-refractivity contribution in [1.29, 1.82) is 0 Å². The van der Waals surface area contributed by atoms with Crippen LogP contribution in [-0.4, -0.2) is 47.0 Å². The van der Waals surface area contributed by atoms with Gasteiger partial charge in [0, 0.05) is 49.8 Å². The smallest absolute Gasteiger partial charge is 0.289 e. The molecule has 3 heterocycles. The van der Waals surface area contributed by atoms with Crippen molar-refractivity contribution in [1.82, 2.24) is 14.9 Å². The number of aromatic nitrogens is 2. The number of anilines is 1. The summed E-state index contributed by atoms with van der Waals surface area (Å²) in [7, 11) is 0. The van der Waals surface area contributed by atoms with Crippen molar-refractivity contribution >= 4 is 11.7 Å². The summed E-state index contributed by atoms with van der Waals surface area (Å²) in [6.45, 7) is 11.3. The van der Waals surface area contributed by atoms with Crippen LogP contribution >= 0.6 is 0 Å². The molecule has 0 bridgehead atoms. The molecule has 0 atom stereocenters. The highest BCUT2D eigenvalue weighted by Gasteiger charge is 2.27. The SMILES string of the molecule is CCc1nc(C(C)C)nc(N2CCN(C(=O)c3ccco3)CC2)c1Cc1cccc(C)c1. The molecule has 1 aliphatic heterocycles. The molecule has 6 nitrogen and oxygen atoms in total. The summed E-state index contributed by atoms with van der Waals surface area (Å²) in [5.41, 5.74) is 4.85. The second-order valence-electron chi connectivity index (χ2n) is 8.76. The Kier molecular flexibility index (Phi) is 6.58. The third kappa shape index (κ3) is 4.69. The van der Waals surface area contributed by atoms with Gasteiger partial charge in [-0.3, -0.25) is 4.79 Å². The number of rotatable bonds is 6. The Bertz CT molecular complexity index is 1070. The van der Waals surface area contributed by atoms with Crippen molar-refractivity contribution in [3.8, 4) is 0 Å². The van der Waals surface area contributed by atoms with E-state index in [0.717, 1.165) is 43.3 Å². The number of piperazine rings is 1. The zero-order chi connectivity index (χ0) is 22.7. The van der Waals surface area contributed by atoms with Crippen LogP contribution in [0.5, 0.6) is 0 Å². The summed E-state index contributed by atoms with van der Waals surface area (Å²) in [6.07, 6.45) is 3.22. The average Bonchev–Trinajstić information content (AvgIpc) is 3.34. The van der Waals surface area contributed by atoms with Crippen LogP contribution < -0.4 is 4.90 Å². The summed E-state index contributed by atoms with van der Waals surface area (Å²) < 4.78 is 5.30. The Labute approximate surface area is 190 Å². The van der Waals surface area contributed by atoms with E-state index < -0.39 is 0 Å². The first-order chi connectivity index (χ1) is 15.5. The molecule has 1 aliphatic rings. The van der Waals surface area contributed by atoms with Crippen molar-refractivity contribution in [2.45, 2.75) is 46.5 Å². The number of nitrogens with zero attached hydrogens (tertiary/aromatic N) is 4. The number of hydrogen-bond donors (Lipinski definition) is 0. The van der Waals surface area contributed by atoms with E-state index in [2.05, 4.69) is 56.9 Å². The molecule has 3 aromatic rings. The van der Waals surface area contributed by atoms with E-state index in [0.29, 0.717) is 18.8 Å². The monoisotopic (exact) mass is 432 g/mol. The number of furan rings is 1. The maximum absolute atomic E-state index is 12.7. The van der Waals surface area contributed by atoms with E-state index in [1.54, 1.807) is 18.4 Å². The fourth-order valence-electron chi connectivity index (χ4n) is 4.23. The molecule has 1 aromatic carbocycles. The van der Waals surface area contributed by atoms with E-state index in [4.69, 9.17) is 14.4 Å². The summed E-state index contributed by atoms with van der Waals surface area (Å²) in [4.78, 5) is 26.8. The minimum atomic E-state index is -0.0468. The number of amides is 1. The maximum atomic E-state index is 12.7. The van der Waals surface area contributed by atoms with Gasteiger partial charge in [0.15, 0.2) is 5.76 Å². The number of benzene rings is 1. The minimum absolute atomic E-state index is 0.0468. The van der Waals surface area contributed by atoms with Gasteiger partial charge in [-0.25, -0.2) is 9.97 Å². The number of aryl methyl sites for hydroxylation is 2. The van der Waals surface area contributed by atoms with E-state index in [1.165, 1.54) is 16.7 Å². The van der Waals surface area contributed by atoms with Crippen molar-refractivity contribution in [3.05, 3.63) is 76.6 Å². The summed E-state index contributed by atoms with van der Waals surface area (Å²) in [6, 6.07) is 12.1. The van der Waals surface area contributed by atoms with Crippen molar-refractivity contribution < 1.29 is 9.21 Å². The molecule has 1 fully saturated rings. The van der Waals surface area contributed by atoms with Crippen molar-refractivity contribution in [2.75, 3.05) is 31.1 Å². The first-order valence-electron chi connectivity index (χ1n) is 11.5. The Morgan fingerprint density at radius 1 is 1.09 bits per heavy atom. The lowest BCUT2D eigenvalue weighted by Crippen LogP contribution is -2.49. The Morgan fingerprint density at radius 2 is 1.88 bits per heavy atom. The van der Waals surface area contributed by atoms with Crippen molar-refractivity contribution in [2.24, 2.45) is 0 Å². The van der Waals surface area contributed by atoms with Crippen molar-refractivity contribution in [3.63, 3.8) is 0 Å². The van der Waals surface area contributed by atoms with E-state index in [-0.39, 0.29) is 11.8 Å². The second kappa shape index (κ2) is 9.55. The van der Waals surface area contributed by atoms with Crippen LogP contribution in [0.25, 0.3) is 0 Å². The largest absolute Gasteiger partial charge is 0.459 e. The molecule has 32 heavy (non-hydrogen) atoms. The first-order valence-corrected chi connectivity index (χ1v) is 11.5. The van der Waals surface area contributed by atoms with Gasteiger partial charge in [-0.15, -0.1) is 0 Å². The molecule has 0 unspecified atom stereocenters. The van der Waals surface area contributed by atoms with E-state index in [9.17, 15) is 4.79 Å². The normalized spacial score (nSPS) is 14.3. The molecule has 168 valence electrons. The highest BCUT2D eigenvalue weighted by Crippen LogP contribution is 2.28. The molecular weight excluding hydrogens is 400 g/mol. The highest BCUT2D eigenvalue weighted by atomic mass is 16.3. The molecule has 6 heteroatoms. The van der Waals surface area contributed by atoms with Crippen LogP contribution in [0.4, 0.5) is 5.82 Å². The molecular formula is C26H32N4O2. The summed E-state index contributed by atoms with van der Waals surface area (Å²) >= 11 is 0. The first kappa shape index (κ1) is 22.1. The predicted octanol–water partition coefficient (Wildman–Crippen LogP) is 4.62. The van der Waals surface area contributed by atoms with E-state index >= 15 is 0 Å². The van der Waals surface area contributed by atoms with Gasteiger partial charge in [-0.1, -0.05) is 50.6 Å². The van der Waals surface area contributed by atoms with Gasteiger partial charge in [0.05, 0.1) is 6.26 Å². The van der Waals surface area contributed by atoms with Gasteiger partial charge in [0.1, 0.15) is 11.6 Å². The molecule has 0 spiro atoms. The van der Waals surface area contributed by atoms with Crippen LogP contribution in [0.1, 0.15) is 65.5 Å². The third-order valence-corrected chi connectivity index (χ3v) is 6.00. The predicted molar refractivity (Wildman–Crippen MR) is 126 cm³/mol. The number of carbonyl (C=O) groups is 1. The number of hydrogen-bond acceptors (Lipinski definition) is 5. The minimum Gasteiger partial charge on any atom is -0.459 e. The zero-order valence-electron chi connectivity index (χ0n) is 19.5. The van der Waals surface area contributed by atoms with Gasteiger partial charge in [-0.2, -0.15) is 0 Å².